The van der Waals surface area contributed by atoms with Crippen molar-refractivity contribution in [3.8, 4) is 0 Å². The topological polar surface area (TPSA) is 20.2 Å². The summed E-state index contributed by atoms with van der Waals surface area (Å²) in [5.74, 6) is 0.586. The Morgan fingerprint density at radius 3 is 2.22 bits per heavy atom. The van der Waals surface area contributed by atoms with Crippen LogP contribution in [0.25, 0.3) is 0 Å². The van der Waals surface area contributed by atoms with Crippen LogP contribution in [-0.2, 0) is 0 Å². The molecule has 0 heterocycles. The van der Waals surface area contributed by atoms with Gasteiger partial charge in [-0.2, -0.15) is 0 Å². The van der Waals surface area contributed by atoms with Gasteiger partial charge in [-0.25, -0.2) is 0 Å². The van der Waals surface area contributed by atoms with Gasteiger partial charge in [0.05, 0.1) is 6.10 Å². The Morgan fingerprint density at radius 2 is 2.11 bits per heavy atom. The molecule has 1 rings (SSSR count). The van der Waals surface area contributed by atoms with Crippen molar-refractivity contribution in [2.24, 2.45) is 11.3 Å². The summed E-state index contributed by atoms with van der Waals surface area (Å²) in [5.41, 5.74) is 0.440. The van der Waals surface area contributed by atoms with E-state index in [1.807, 2.05) is 6.92 Å². The first kappa shape index (κ1) is 7.07. The highest BCUT2D eigenvalue weighted by Gasteiger charge is 2.48. The Kier molecular flexibility index (Phi) is 1.55. The Morgan fingerprint density at radius 1 is 1.67 bits per heavy atom. The summed E-state index contributed by atoms with van der Waals surface area (Å²) in [6, 6.07) is 0. The molecular formula is C8H16O. The molecule has 1 aliphatic carbocycles. The molecule has 0 bridgehead atoms. The average Bonchev–Trinajstić information content (AvgIpc) is 2.38. The fraction of sp³-hybridized carbons (Fsp3) is 1.00. The zero-order chi connectivity index (χ0) is 7.07. The van der Waals surface area contributed by atoms with E-state index in [0.717, 1.165) is 6.42 Å². The lowest BCUT2D eigenvalue weighted by Crippen LogP contribution is -2.10. The van der Waals surface area contributed by atoms with Crippen molar-refractivity contribution < 1.29 is 5.11 Å². The third kappa shape index (κ3) is 1.26. The van der Waals surface area contributed by atoms with Gasteiger partial charge < -0.3 is 5.11 Å². The van der Waals surface area contributed by atoms with Crippen molar-refractivity contribution >= 4 is 0 Å². The van der Waals surface area contributed by atoms with E-state index in [1.54, 1.807) is 0 Å². The SMILES string of the molecule is CC[C@H](O)C1CC1(C)C. The van der Waals surface area contributed by atoms with Crippen LogP contribution in [0.2, 0.25) is 0 Å². The van der Waals surface area contributed by atoms with Gasteiger partial charge in [-0.3, -0.25) is 0 Å². The van der Waals surface area contributed by atoms with Crippen molar-refractivity contribution in [3.63, 3.8) is 0 Å². The molecule has 1 heteroatoms. The molecule has 0 radical (unpaired) electrons. The maximum atomic E-state index is 9.33. The predicted molar refractivity (Wildman–Crippen MR) is 38.2 cm³/mol. The average molecular weight is 128 g/mol. The van der Waals surface area contributed by atoms with Crippen molar-refractivity contribution in [2.75, 3.05) is 0 Å². The molecule has 1 nitrogen and oxygen atoms in total. The first-order chi connectivity index (χ1) is 4.08. The molecule has 0 aromatic heterocycles. The van der Waals surface area contributed by atoms with Crippen LogP contribution in [0, 0.1) is 11.3 Å². The molecular weight excluding hydrogens is 112 g/mol. The van der Waals surface area contributed by atoms with E-state index in [1.165, 1.54) is 6.42 Å². The highest BCUT2D eigenvalue weighted by Crippen LogP contribution is 2.53. The van der Waals surface area contributed by atoms with Gasteiger partial charge in [-0.15, -0.1) is 0 Å². The number of hydrogen-bond donors (Lipinski definition) is 1. The van der Waals surface area contributed by atoms with Crippen molar-refractivity contribution in [1.29, 1.82) is 0 Å². The Hall–Kier alpha value is -0.0400. The second kappa shape index (κ2) is 1.98. The zero-order valence-corrected chi connectivity index (χ0v) is 6.52. The van der Waals surface area contributed by atoms with E-state index in [9.17, 15) is 5.11 Å². The van der Waals surface area contributed by atoms with Crippen LogP contribution in [0.4, 0.5) is 0 Å². The fourth-order valence-electron chi connectivity index (χ4n) is 1.45. The fourth-order valence-corrected chi connectivity index (χ4v) is 1.45. The number of hydrogen-bond acceptors (Lipinski definition) is 1. The summed E-state index contributed by atoms with van der Waals surface area (Å²) in [6.45, 7) is 6.48. The lowest BCUT2D eigenvalue weighted by atomic mass is 10.0. The lowest BCUT2D eigenvalue weighted by Gasteiger charge is -2.08. The van der Waals surface area contributed by atoms with Crippen LogP contribution in [0.1, 0.15) is 33.6 Å². The molecule has 0 aromatic rings. The summed E-state index contributed by atoms with van der Waals surface area (Å²) in [6.07, 6.45) is 2.08. The first-order valence-electron chi connectivity index (χ1n) is 3.76. The highest BCUT2D eigenvalue weighted by molar-refractivity contribution is 4.98. The first-order valence-corrected chi connectivity index (χ1v) is 3.76. The van der Waals surface area contributed by atoms with Crippen LogP contribution in [0.15, 0.2) is 0 Å². The van der Waals surface area contributed by atoms with E-state index >= 15 is 0 Å². The van der Waals surface area contributed by atoms with Gasteiger partial charge in [0.25, 0.3) is 0 Å². The van der Waals surface area contributed by atoms with Crippen molar-refractivity contribution in [3.05, 3.63) is 0 Å². The normalized spacial score (nSPS) is 34.0. The molecule has 2 atom stereocenters. The molecule has 0 aliphatic heterocycles. The minimum Gasteiger partial charge on any atom is -0.393 e. The maximum absolute atomic E-state index is 9.33. The van der Waals surface area contributed by atoms with Gasteiger partial charge in [0, 0.05) is 0 Å². The van der Waals surface area contributed by atoms with E-state index in [2.05, 4.69) is 13.8 Å². The van der Waals surface area contributed by atoms with E-state index in [0.29, 0.717) is 11.3 Å². The van der Waals surface area contributed by atoms with Crippen LogP contribution >= 0.6 is 0 Å². The summed E-state index contributed by atoms with van der Waals surface area (Å²) in [5, 5.41) is 9.33. The molecule has 1 unspecified atom stereocenters. The van der Waals surface area contributed by atoms with Crippen LogP contribution in [-0.4, -0.2) is 11.2 Å². The largest absolute Gasteiger partial charge is 0.393 e. The monoisotopic (exact) mass is 128 g/mol. The van der Waals surface area contributed by atoms with Gasteiger partial charge in [-0.05, 0) is 24.2 Å². The highest BCUT2D eigenvalue weighted by atomic mass is 16.3. The summed E-state index contributed by atoms with van der Waals surface area (Å²) in [7, 11) is 0. The quantitative estimate of drug-likeness (QED) is 0.601. The molecule has 0 spiro atoms. The van der Waals surface area contributed by atoms with Crippen LogP contribution in [0.5, 0.6) is 0 Å². The molecule has 9 heavy (non-hydrogen) atoms. The number of aliphatic hydroxyl groups is 1. The van der Waals surface area contributed by atoms with Crippen molar-refractivity contribution in [2.45, 2.75) is 39.7 Å². The van der Waals surface area contributed by atoms with Crippen molar-refractivity contribution in [1.82, 2.24) is 0 Å². The standard InChI is InChI=1S/C8H16O/c1-4-7(9)6-5-8(6,2)3/h6-7,9H,4-5H2,1-3H3/t6?,7-/m0/s1. The van der Waals surface area contributed by atoms with Gasteiger partial charge in [0.2, 0.25) is 0 Å². The lowest BCUT2D eigenvalue weighted by molar-refractivity contribution is 0.132. The van der Waals surface area contributed by atoms with Gasteiger partial charge in [-0.1, -0.05) is 20.8 Å². The second-order valence-electron chi connectivity index (χ2n) is 3.77. The van der Waals surface area contributed by atoms with E-state index in [-0.39, 0.29) is 6.10 Å². The molecule has 0 saturated heterocycles. The Labute approximate surface area is 57.1 Å². The molecule has 1 aliphatic rings. The smallest absolute Gasteiger partial charge is 0.0571 e. The van der Waals surface area contributed by atoms with E-state index in [4.69, 9.17) is 0 Å². The molecule has 0 amide bonds. The minimum atomic E-state index is -0.0417. The molecule has 1 N–H and O–H groups in total. The number of rotatable bonds is 2. The van der Waals surface area contributed by atoms with Crippen LogP contribution < -0.4 is 0 Å². The minimum absolute atomic E-state index is 0.0417. The summed E-state index contributed by atoms with van der Waals surface area (Å²) < 4.78 is 0. The molecule has 1 fully saturated rings. The Balaban J connectivity index is 2.33. The van der Waals surface area contributed by atoms with Gasteiger partial charge >= 0.3 is 0 Å². The van der Waals surface area contributed by atoms with Gasteiger partial charge in [0.15, 0.2) is 0 Å². The third-order valence-corrected chi connectivity index (χ3v) is 2.47. The zero-order valence-electron chi connectivity index (χ0n) is 6.52. The maximum Gasteiger partial charge on any atom is 0.0571 e. The molecule has 1 saturated carbocycles. The van der Waals surface area contributed by atoms with Crippen LogP contribution in [0.3, 0.4) is 0 Å². The number of aliphatic hydroxyl groups excluding tert-OH is 1. The molecule has 54 valence electrons. The second-order valence-corrected chi connectivity index (χ2v) is 3.77. The van der Waals surface area contributed by atoms with Gasteiger partial charge in [0.1, 0.15) is 0 Å². The Bertz CT molecular complexity index is 107. The molecule has 0 aromatic carbocycles. The summed E-state index contributed by atoms with van der Waals surface area (Å²) in [4.78, 5) is 0. The summed E-state index contributed by atoms with van der Waals surface area (Å²) >= 11 is 0. The van der Waals surface area contributed by atoms with E-state index < -0.39 is 0 Å². The predicted octanol–water partition coefficient (Wildman–Crippen LogP) is 1.80. The third-order valence-electron chi connectivity index (χ3n) is 2.47.